The van der Waals surface area contributed by atoms with Crippen LogP contribution in [0, 0.1) is 5.92 Å². The van der Waals surface area contributed by atoms with Crippen LogP contribution < -0.4 is 5.73 Å². The molecule has 8 heteroatoms. The Morgan fingerprint density at radius 1 is 1.71 bits per heavy atom. The fourth-order valence-corrected chi connectivity index (χ4v) is 2.83. The SMILES string of the molecule is CCN(CC(C)C(N)=S)S(=O)(=O)c1ccn[nH]1. The van der Waals surface area contributed by atoms with Crippen molar-refractivity contribution in [2.75, 3.05) is 13.1 Å². The number of nitrogens with one attached hydrogen (secondary N) is 1. The van der Waals surface area contributed by atoms with Crippen LogP contribution in [-0.4, -0.2) is 41.0 Å². The third kappa shape index (κ3) is 3.24. The van der Waals surface area contributed by atoms with Crippen LogP contribution >= 0.6 is 12.2 Å². The highest BCUT2D eigenvalue weighted by Crippen LogP contribution is 2.14. The number of nitrogens with zero attached hydrogens (tertiary/aromatic N) is 2. The van der Waals surface area contributed by atoms with Gasteiger partial charge >= 0.3 is 0 Å². The molecule has 0 aromatic carbocycles. The molecule has 1 aromatic heterocycles. The molecule has 0 radical (unpaired) electrons. The first-order chi connectivity index (χ1) is 7.89. The van der Waals surface area contributed by atoms with E-state index in [0.717, 1.165) is 0 Å². The first kappa shape index (κ1) is 14.1. The molecule has 0 aliphatic heterocycles. The normalized spacial score (nSPS) is 13.8. The van der Waals surface area contributed by atoms with Crippen LogP contribution in [0.4, 0.5) is 0 Å². The second-order valence-electron chi connectivity index (χ2n) is 3.68. The number of aromatic amines is 1. The number of aromatic nitrogens is 2. The standard InChI is InChI=1S/C9H16N4O2S2/c1-3-13(6-7(2)9(10)16)17(14,15)8-4-5-11-12-8/h4-5,7H,3,6H2,1-2H3,(H2,10,16)(H,11,12). The molecule has 0 aliphatic rings. The van der Waals surface area contributed by atoms with Gasteiger partial charge in [-0.1, -0.05) is 26.1 Å². The van der Waals surface area contributed by atoms with E-state index in [1.54, 1.807) is 13.8 Å². The molecule has 0 aliphatic carbocycles. The van der Waals surface area contributed by atoms with E-state index in [-0.39, 0.29) is 17.5 Å². The molecule has 0 fully saturated rings. The smallest absolute Gasteiger partial charge is 0.259 e. The molecule has 0 amide bonds. The lowest BCUT2D eigenvalue weighted by Gasteiger charge is -2.22. The molecule has 1 unspecified atom stereocenters. The average molecular weight is 276 g/mol. The number of sulfonamides is 1. The predicted molar refractivity (Wildman–Crippen MR) is 69.0 cm³/mol. The van der Waals surface area contributed by atoms with Crippen LogP contribution in [0.2, 0.25) is 0 Å². The molecule has 6 nitrogen and oxygen atoms in total. The summed E-state index contributed by atoms with van der Waals surface area (Å²) in [6, 6.07) is 1.42. The summed E-state index contributed by atoms with van der Waals surface area (Å²) in [5, 5.41) is 6.17. The number of nitrogens with two attached hydrogens (primary N) is 1. The van der Waals surface area contributed by atoms with E-state index in [4.69, 9.17) is 18.0 Å². The largest absolute Gasteiger partial charge is 0.393 e. The van der Waals surface area contributed by atoms with Gasteiger partial charge in [0.2, 0.25) is 0 Å². The summed E-state index contributed by atoms with van der Waals surface area (Å²) < 4.78 is 25.6. The lowest BCUT2D eigenvalue weighted by Crippen LogP contribution is -2.38. The Balaban J connectivity index is 2.92. The number of H-pyrrole nitrogens is 1. The Bertz CT molecular complexity index is 469. The molecule has 3 N–H and O–H groups in total. The Kier molecular flexibility index (Phi) is 4.61. The Hall–Kier alpha value is -0.990. The number of hydrogen-bond acceptors (Lipinski definition) is 4. The van der Waals surface area contributed by atoms with Gasteiger partial charge in [-0.15, -0.1) is 0 Å². The highest BCUT2D eigenvalue weighted by molar-refractivity contribution is 7.89. The van der Waals surface area contributed by atoms with Crippen LogP contribution in [0.5, 0.6) is 0 Å². The molecular weight excluding hydrogens is 260 g/mol. The quantitative estimate of drug-likeness (QED) is 0.731. The average Bonchev–Trinajstić information content (AvgIpc) is 2.78. The summed E-state index contributed by atoms with van der Waals surface area (Å²) >= 11 is 4.84. The number of rotatable bonds is 6. The zero-order chi connectivity index (χ0) is 13.1. The van der Waals surface area contributed by atoms with Gasteiger partial charge in [-0.25, -0.2) is 8.42 Å². The van der Waals surface area contributed by atoms with Gasteiger partial charge in [0.05, 0.1) is 11.2 Å². The summed E-state index contributed by atoms with van der Waals surface area (Å²) in [5.41, 5.74) is 5.49. The van der Waals surface area contributed by atoms with Crippen molar-refractivity contribution in [1.82, 2.24) is 14.5 Å². The number of thiocarbonyl (C=S) groups is 1. The monoisotopic (exact) mass is 276 g/mol. The maximum absolute atomic E-state index is 12.2. The first-order valence-corrected chi connectivity index (χ1v) is 7.03. The van der Waals surface area contributed by atoms with Crippen molar-refractivity contribution in [3.63, 3.8) is 0 Å². The molecule has 0 spiro atoms. The minimum absolute atomic E-state index is 0.0782. The van der Waals surface area contributed by atoms with Crippen molar-refractivity contribution in [3.05, 3.63) is 12.3 Å². The van der Waals surface area contributed by atoms with Gasteiger partial charge in [0, 0.05) is 19.0 Å². The summed E-state index contributed by atoms with van der Waals surface area (Å²) in [5.74, 6) is -0.164. The Morgan fingerprint density at radius 2 is 2.35 bits per heavy atom. The lowest BCUT2D eigenvalue weighted by atomic mass is 10.2. The van der Waals surface area contributed by atoms with E-state index in [0.29, 0.717) is 11.5 Å². The highest BCUT2D eigenvalue weighted by Gasteiger charge is 2.26. The van der Waals surface area contributed by atoms with Gasteiger partial charge in [-0.2, -0.15) is 9.40 Å². The zero-order valence-electron chi connectivity index (χ0n) is 9.75. The topological polar surface area (TPSA) is 92.1 Å². The molecule has 1 heterocycles. The number of hydrogen-bond donors (Lipinski definition) is 2. The molecular formula is C9H16N4O2S2. The van der Waals surface area contributed by atoms with Gasteiger partial charge in [0.25, 0.3) is 10.0 Å². The molecule has 1 rings (SSSR count). The van der Waals surface area contributed by atoms with Crippen molar-refractivity contribution < 1.29 is 8.42 Å². The maximum Gasteiger partial charge on any atom is 0.259 e. The summed E-state index contributed by atoms with van der Waals surface area (Å²) in [4.78, 5) is 0.309. The van der Waals surface area contributed by atoms with E-state index in [1.807, 2.05) is 0 Å². The molecule has 1 aromatic rings. The van der Waals surface area contributed by atoms with Crippen molar-refractivity contribution in [2.24, 2.45) is 11.7 Å². The van der Waals surface area contributed by atoms with Crippen LogP contribution in [0.25, 0.3) is 0 Å². The summed E-state index contributed by atoms with van der Waals surface area (Å²) in [6.07, 6.45) is 1.40. The first-order valence-electron chi connectivity index (χ1n) is 5.18. The molecule has 1 atom stereocenters. The lowest BCUT2D eigenvalue weighted by molar-refractivity contribution is 0.403. The Labute approximate surface area is 106 Å². The molecule has 96 valence electrons. The summed E-state index contributed by atoms with van der Waals surface area (Å²) in [7, 11) is -3.54. The Morgan fingerprint density at radius 3 is 2.76 bits per heavy atom. The third-order valence-electron chi connectivity index (χ3n) is 2.41. The van der Waals surface area contributed by atoms with Gasteiger partial charge in [-0.3, -0.25) is 5.10 Å². The van der Waals surface area contributed by atoms with E-state index < -0.39 is 10.0 Å². The van der Waals surface area contributed by atoms with Gasteiger partial charge < -0.3 is 5.73 Å². The zero-order valence-corrected chi connectivity index (χ0v) is 11.4. The fourth-order valence-electron chi connectivity index (χ4n) is 1.32. The van der Waals surface area contributed by atoms with E-state index in [9.17, 15) is 8.42 Å². The van der Waals surface area contributed by atoms with Crippen LogP contribution in [0.3, 0.4) is 0 Å². The summed E-state index contributed by atoms with van der Waals surface area (Å²) in [6.45, 7) is 4.19. The second-order valence-corrected chi connectivity index (χ2v) is 6.06. The van der Waals surface area contributed by atoms with Gasteiger partial charge in [0.1, 0.15) is 0 Å². The molecule has 0 saturated heterocycles. The van der Waals surface area contributed by atoms with Crippen molar-refractivity contribution in [2.45, 2.75) is 18.9 Å². The minimum Gasteiger partial charge on any atom is -0.393 e. The van der Waals surface area contributed by atoms with Gasteiger partial charge in [0.15, 0.2) is 5.03 Å². The van der Waals surface area contributed by atoms with Crippen LogP contribution in [0.15, 0.2) is 17.3 Å². The third-order valence-corrected chi connectivity index (χ3v) is 4.68. The van der Waals surface area contributed by atoms with Crippen LogP contribution in [-0.2, 0) is 10.0 Å². The fraction of sp³-hybridized carbons (Fsp3) is 0.556. The van der Waals surface area contributed by atoms with Crippen LogP contribution in [0.1, 0.15) is 13.8 Å². The molecule has 0 bridgehead atoms. The predicted octanol–water partition coefficient (Wildman–Crippen LogP) is 0.342. The molecule has 0 saturated carbocycles. The van der Waals surface area contributed by atoms with E-state index in [1.165, 1.54) is 16.6 Å². The minimum atomic E-state index is -3.54. The van der Waals surface area contributed by atoms with Crippen molar-refractivity contribution in [1.29, 1.82) is 0 Å². The highest BCUT2D eigenvalue weighted by atomic mass is 32.2. The van der Waals surface area contributed by atoms with E-state index >= 15 is 0 Å². The molecule has 17 heavy (non-hydrogen) atoms. The van der Waals surface area contributed by atoms with E-state index in [2.05, 4.69) is 10.2 Å². The van der Waals surface area contributed by atoms with Gasteiger partial charge in [-0.05, 0) is 6.07 Å². The van der Waals surface area contributed by atoms with Crippen molar-refractivity contribution in [3.8, 4) is 0 Å². The second kappa shape index (κ2) is 5.56. The maximum atomic E-state index is 12.2. The van der Waals surface area contributed by atoms with Crippen molar-refractivity contribution >= 4 is 27.2 Å².